The van der Waals surface area contributed by atoms with E-state index in [0.717, 1.165) is 17.0 Å². The lowest BCUT2D eigenvalue weighted by Gasteiger charge is -2.09. The molecule has 0 saturated heterocycles. The van der Waals surface area contributed by atoms with Gasteiger partial charge in [0.2, 0.25) is 0 Å². The topological polar surface area (TPSA) is 40.5 Å². The molecule has 0 aliphatic heterocycles. The Labute approximate surface area is 112 Å². The van der Waals surface area contributed by atoms with E-state index in [1.165, 1.54) is 0 Å². The highest BCUT2D eigenvalue weighted by Gasteiger charge is 2.02. The van der Waals surface area contributed by atoms with Crippen LogP contribution in [0.2, 0.25) is 0 Å². The molecule has 1 aromatic carbocycles. The van der Waals surface area contributed by atoms with Gasteiger partial charge in [-0.2, -0.15) is 0 Å². The van der Waals surface area contributed by atoms with Crippen molar-refractivity contribution in [3.8, 4) is 17.0 Å². The zero-order valence-electron chi connectivity index (χ0n) is 11.1. The molecule has 4 heteroatoms. The molecule has 1 aromatic heterocycles. The molecule has 100 valence electrons. The number of methoxy groups -OCH3 is 1. The molecule has 0 unspecified atom stereocenters. The molecule has 0 radical (unpaired) electrons. The summed E-state index contributed by atoms with van der Waals surface area (Å²) in [7, 11) is 3.41. The van der Waals surface area contributed by atoms with Crippen molar-refractivity contribution in [1.29, 1.82) is 0 Å². The van der Waals surface area contributed by atoms with Crippen LogP contribution in [0.5, 0.6) is 5.75 Å². The molecule has 0 amide bonds. The van der Waals surface area contributed by atoms with E-state index in [2.05, 4.69) is 0 Å². The number of hydrogen-bond donors (Lipinski definition) is 0. The van der Waals surface area contributed by atoms with Gasteiger partial charge in [-0.15, -0.1) is 0 Å². The Kier molecular flexibility index (Phi) is 4.36. The second-order valence-electron chi connectivity index (χ2n) is 4.17. The second-order valence-corrected chi connectivity index (χ2v) is 4.17. The second kappa shape index (κ2) is 6.20. The molecule has 2 rings (SSSR count). The van der Waals surface area contributed by atoms with Crippen LogP contribution in [0.4, 0.5) is 0 Å². The van der Waals surface area contributed by atoms with Crippen LogP contribution in [-0.4, -0.2) is 24.9 Å². The predicted molar refractivity (Wildman–Crippen MR) is 74.5 cm³/mol. The van der Waals surface area contributed by atoms with Crippen LogP contribution >= 0.6 is 0 Å². The minimum Gasteiger partial charge on any atom is -0.491 e. The summed E-state index contributed by atoms with van der Waals surface area (Å²) in [5, 5.41) is 0. The molecule has 0 atom stereocenters. The summed E-state index contributed by atoms with van der Waals surface area (Å²) in [6.45, 7) is 1.09. The van der Waals surface area contributed by atoms with E-state index in [9.17, 15) is 4.79 Å². The Balaban J connectivity index is 2.18. The lowest BCUT2D eigenvalue weighted by molar-refractivity contribution is 0.146. The van der Waals surface area contributed by atoms with Crippen molar-refractivity contribution in [2.24, 2.45) is 7.05 Å². The number of nitrogens with zero attached hydrogens (tertiary/aromatic N) is 1. The van der Waals surface area contributed by atoms with Gasteiger partial charge in [-0.05, 0) is 35.9 Å². The molecule has 0 N–H and O–H groups in total. The summed E-state index contributed by atoms with van der Waals surface area (Å²) in [6, 6.07) is 12.9. The van der Waals surface area contributed by atoms with Crippen molar-refractivity contribution in [2.75, 3.05) is 20.3 Å². The quantitative estimate of drug-likeness (QED) is 0.772. The average Bonchev–Trinajstić information content (AvgIpc) is 2.43. The Morgan fingerprint density at radius 3 is 2.47 bits per heavy atom. The molecule has 4 nitrogen and oxygen atoms in total. The first kappa shape index (κ1) is 13.4. The normalized spacial score (nSPS) is 10.4. The number of pyridine rings is 1. The molecule has 1 heterocycles. The maximum absolute atomic E-state index is 11.6. The first-order chi connectivity index (χ1) is 9.22. The van der Waals surface area contributed by atoms with Gasteiger partial charge < -0.3 is 14.0 Å². The summed E-state index contributed by atoms with van der Waals surface area (Å²) in [5.74, 6) is 0.793. The predicted octanol–water partition coefficient (Wildman–Crippen LogP) is 2.08. The van der Waals surface area contributed by atoms with E-state index in [1.807, 2.05) is 30.3 Å². The van der Waals surface area contributed by atoms with Crippen LogP contribution in [0.1, 0.15) is 0 Å². The number of ether oxygens (including phenoxy) is 2. The van der Waals surface area contributed by atoms with E-state index in [0.29, 0.717) is 13.2 Å². The lowest BCUT2D eigenvalue weighted by atomic mass is 10.1. The zero-order valence-corrected chi connectivity index (χ0v) is 11.1. The van der Waals surface area contributed by atoms with E-state index < -0.39 is 0 Å². The Bertz CT molecular complexity index is 587. The fraction of sp³-hybridized carbons (Fsp3) is 0.267. The van der Waals surface area contributed by atoms with Crippen molar-refractivity contribution in [2.45, 2.75) is 0 Å². The molecule has 19 heavy (non-hydrogen) atoms. The largest absolute Gasteiger partial charge is 0.491 e. The third-order valence-corrected chi connectivity index (χ3v) is 2.89. The van der Waals surface area contributed by atoms with Crippen LogP contribution in [0, 0.1) is 0 Å². The van der Waals surface area contributed by atoms with E-state index >= 15 is 0 Å². The summed E-state index contributed by atoms with van der Waals surface area (Å²) in [5.41, 5.74) is 1.85. The van der Waals surface area contributed by atoms with Crippen molar-refractivity contribution < 1.29 is 9.47 Å². The van der Waals surface area contributed by atoms with Gasteiger partial charge in [0.1, 0.15) is 12.4 Å². The Morgan fingerprint density at radius 2 is 1.79 bits per heavy atom. The van der Waals surface area contributed by atoms with Gasteiger partial charge in [0.05, 0.1) is 12.3 Å². The minimum absolute atomic E-state index is 0.0158. The van der Waals surface area contributed by atoms with Gasteiger partial charge in [0.15, 0.2) is 0 Å². The van der Waals surface area contributed by atoms with Gasteiger partial charge in [0.25, 0.3) is 5.56 Å². The molecular weight excluding hydrogens is 242 g/mol. The highest BCUT2D eigenvalue weighted by Crippen LogP contribution is 2.20. The summed E-state index contributed by atoms with van der Waals surface area (Å²) >= 11 is 0. The fourth-order valence-corrected chi connectivity index (χ4v) is 1.82. The maximum Gasteiger partial charge on any atom is 0.250 e. The third-order valence-electron chi connectivity index (χ3n) is 2.89. The van der Waals surface area contributed by atoms with Crippen LogP contribution in [0.15, 0.2) is 47.3 Å². The molecule has 0 bridgehead atoms. The number of rotatable bonds is 5. The molecule has 0 spiro atoms. The third kappa shape index (κ3) is 3.23. The number of hydrogen-bond acceptors (Lipinski definition) is 3. The molecule has 0 aliphatic carbocycles. The van der Waals surface area contributed by atoms with Gasteiger partial charge in [-0.3, -0.25) is 4.79 Å². The monoisotopic (exact) mass is 259 g/mol. The zero-order chi connectivity index (χ0) is 13.7. The van der Waals surface area contributed by atoms with Gasteiger partial charge in [0, 0.05) is 20.2 Å². The first-order valence-corrected chi connectivity index (χ1v) is 6.10. The standard InChI is InChI=1S/C15H17NO3/c1-16-14(4-3-5-15(16)17)12-6-8-13(9-7-12)19-11-10-18-2/h3-9H,10-11H2,1-2H3. The summed E-state index contributed by atoms with van der Waals surface area (Å²) < 4.78 is 12.0. The van der Waals surface area contributed by atoms with E-state index in [4.69, 9.17) is 9.47 Å². The fourth-order valence-electron chi connectivity index (χ4n) is 1.82. The van der Waals surface area contributed by atoms with Crippen LogP contribution in [0.3, 0.4) is 0 Å². The Hall–Kier alpha value is -2.07. The highest BCUT2D eigenvalue weighted by molar-refractivity contribution is 5.60. The van der Waals surface area contributed by atoms with Gasteiger partial charge >= 0.3 is 0 Å². The van der Waals surface area contributed by atoms with Crippen molar-refractivity contribution in [1.82, 2.24) is 4.57 Å². The van der Waals surface area contributed by atoms with Crippen LogP contribution < -0.4 is 10.3 Å². The van der Waals surface area contributed by atoms with Crippen LogP contribution in [0.25, 0.3) is 11.3 Å². The highest BCUT2D eigenvalue weighted by atomic mass is 16.5. The lowest BCUT2D eigenvalue weighted by Crippen LogP contribution is -2.16. The number of benzene rings is 1. The van der Waals surface area contributed by atoms with Gasteiger partial charge in [-0.1, -0.05) is 6.07 Å². The molecule has 0 saturated carbocycles. The van der Waals surface area contributed by atoms with E-state index in [1.54, 1.807) is 30.9 Å². The molecule has 0 fully saturated rings. The maximum atomic E-state index is 11.6. The molecule has 2 aromatic rings. The van der Waals surface area contributed by atoms with E-state index in [-0.39, 0.29) is 5.56 Å². The average molecular weight is 259 g/mol. The summed E-state index contributed by atoms with van der Waals surface area (Å²) in [6.07, 6.45) is 0. The molecular formula is C15H17NO3. The SMILES string of the molecule is COCCOc1ccc(-c2cccc(=O)n2C)cc1. The first-order valence-electron chi connectivity index (χ1n) is 6.10. The Morgan fingerprint density at radius 1 is 1.05 bits per heavy atom. The van der Waals surface area contributed by atoms with Crippen molar-refractivity contribution in [3.63, 3.8) is 0 Å². The summed E-state index contributed by atoms with van der Waals surface area (Å²) in [4.78, 5) is 11.6. The van der Waals surface area contributed by atoms with Gasteiger partial charge in [-0.25, -0.2) is 0 Å². The number of aromatic nitrogens is 1. The molecule has 0 aliphatic rings. The van der Waals surface area contributed by atoms with Crippen molar-refractivity contribution in [3.05, 3.63) is 52.8 Å². The minimum atomic E-state index is -0.0158. The van der Waals surface area contributed by atoms with Crippen LogP contribution in [-0.2, 0) is 11.8 Å². The smallest absolute Gasteiger partial charge is 0.250 e. The van der Waals surface area contributed by atoms with Crippen molar-refractivity contribution >= 4 is 0 Å².